The van der Waals surface area contributed by atoms with Crippen molar-refractivity contribution in [3.05, 3.63) is 63.6 Å². The maximum atomic E-state index is 3.53. The molecule has 21 heavy (non-hydrogen) atoms. The summed E-state index contributed by atoms with van der Waals surface area (Å²) < 4.78 is 1.13. The van der Waals surface area contributed by atoms with Crippen LogP contribution in [-0.4, -0.2) is 13.6 Å². The summed E-state index contributed by atoms with van der Waals surface area (Å²) in [6, 6.07) is 15.2. The number of aryl methyl sites for hydroxylation is 1. The largest absolute Gasteiger partial charge is 0.370 e. The van der Waals surface area contributed by atoms with Gasteiger partial charge in [-0.15, -0.1) is 0 Å². The predicted molar refractivity (Wildman–Crippen MR) is 94.8 cm³/mol. The summed E-state index contributed by atoms with van der Waals surface area (Å²) in [6.45, 7) is 7.17. The average Bonchev–Trinajstić information content (AvgIpc) is 2.46. The van der Waals surface area contributed by atoms with E-state index in [-0.39, 0.29) is 0 Å². The fourth-order valence-corrected chi connectivity index (χ4v) is 2.82. The first-order chi connectivity index (χ1) is 10.1. The number of rotatable bonds is 6. The molecule has 0 aromatic heterocycles. The summed E-state index contributed by atoms with van der Waals surface area (Å²) in [5.41, 5.74) is 5.28. The molecule has 0 aliphatic rings. The van der Waals surface area contributed by atoms with Crippen LogP contribution in [-0.2, 0) is 13.1 Å². The Morgan fingerprint density at radius 3 is 2.62 bits per heavy atom. The fraction of sp³-hybridized carbons (Fsp3) is 0.333. The van der Waals surface area contributed by atoms with Crippen LogP contribution < -0.4 is 10.2 Å². The van der Waals surface area contributed by atoms with Crippen molar-refractivity contribution in [3.63, 3.8) is 0 Å². The summed E-state index contributed by atoms with van der Waals surface area (Å²) in [6.07, 6.45) is 0. The molecule has 2 nitrogen and oxygen atoms in total. The van der Waals surface area contributed by atoms with Crippen LogP contribution >= 0.6 is 15.9 Å². The number of anilines is 1. The molecule has 2 aromatic carbocycles. The standard InChI is InChI=1S/C18H23BrN2/c1-4-20-12-16-8-9-18(10-14(16)2)21(3)13-15-6-5-7-17(19)11-15/h5-11,20H,4,12-13H2,1-3H3. The quantitative estimate of drug-likeness (QED) is 0.828. The van der Waals surface area contributed by atoms with Gasteiger partial charge in [-0.05, 0) is 54.4 Å². The third kappa shape index (κ3) is 4.58. The van der Waals surface area contributed by atoms with E-state index in [4.69, 9.17) is 0 Å². The van der Waals surface area contributed by atoms with Gasteiger partial charge in [-0.2, -0.15) is 0 Å². The predicted octanol–water partition coefficient (Wildman–Crippen LogP) is 4.50. The molecule has 112 valence electrons. The molecule has 0 atom stereocenters. The molecule has 2 aromatic rings. The maximum absolute atomic E-state index is 3.53. The molecule has 0 amide bonds. The van der Waals surface area contributed by atoms with E-state index in [1.807, 2.05) is 0 Å². The molecule has 0 fully saturated rings. The number of nitrogens with one attached hydrogen (secondary N) is 1. The van der Waals surface area contributed by atoms with Gasteiger partial charge in [-0.1, -0.05) is 41.1 Å². The number of benzene rings is 2. The van der Waals surface area contributed by atoms with Crippen LogP contribution in [0.5, 0.6) is 0 Å². The van der Waals surface area contributed by atoms with Gasteiger partial charge in [-0.3, -0.25) is 0 Å². The van der Waals surface area contributed by atoms with Gasteiger partial charge in [0.25, 0.3) is 0 Å². The van der Waals surface area contributed by atoms with Crippen molar-refractivity contribution in [2.24, 2.45) is 0 Å². The van der Waals surface area contributed by atoms with Crippen molar-refractivity contribution in [1.82, 2.24) is 5.32 Å². The van der Waals surface area contributed by atoms with Gasteiger partial charge in [0.1, 0.15) is 0 Å². The molecule has 0 saturated carbocycles. The lowest BCUT2D eigenvalue weighted by atomic mass is 10.1. The van der Waals surface area contributed by atoms with E-state index in [9.17, 15) is 0 Å². The zero-order valence-corrected chi connectivity index (χ0v) is 14.6. The molecule has 0 saturated heterocycles. The van der Waals surface area contributed by atoms with Crippen molar-refractivity contribution in [1.29, 1.82) is 0 Å². The van der Waals surface area contributed by atoms with Crippen molar-refractivity contribution in [2.45, 2.75) is 26.9 Å². The van der Waals surface area contributed by atoms with Gasteiger partial charge in [0.2, 0.25) is 0 Å². The normalized spacial score (nSPS) is 10.7. The highest BCUT2D eigenvalue weighted by Crippen LogP contribution is 2.21. The van der Waals surface area contributed by atoms with Crippen molar-refractivity contribution in [2.75, 3.05) is 18.5 Å². The summed E-state index contributed by atoms with van der Waals surface area (Å²) >= 11 is 3.53. The zero-order valence-electron chi connectivity index (χ0n) is 13.0. The summed E-state index contributed by atoms with van der Waals surface area (Å²) in [5, 5.41) is 3.38. The van der Waals surface area contributed by atoms with Crippen LogP contribution in [0, 0.1) is 6.92 Å². The third-order valence-electron chi connectivity index (χ3n) is 3.64. The Labute approximate surface area is 136 Å². The lowest BCUT2D eigenvalue weighted by Crippen LogP contribution is -2.17. The third-order valence-corrected chi connectivity index (χ3v) is 4.13. The monoisotopic (exact) mass is 346 g/mol. The van der Waals surface area contributed by atoms with Crippen molar-refractivity contribution < 1.29 is 0 Å². The smallest absolute Gasteiger partial charge is 0.0426 e. The van der Waals surface area contributed by atoms with Gasteiger partial charge < -0.3 is 10.2 Å². The Bertz CT molecular complexity index is 596. The summed E-state index contributed by atoms with van der Waals surface area (Å²) in [4.78, 5) is 2.28. The fourth-order valence-electron chi connectivity index (χ4n) is 2.38. The van der Waals surface area contributed by atoms with E-state index in [0.717, 1.165) is 24.1 Å². The van der Waals surface area contributed by atoms with E-state index in [1.54, 1.807) is 0 Å². The zero-order chi connectivity index (χ0) is 15.2. The second-order valence-electron chi connectivity index (χ2n) is 5.38. The van der Waals surface area contributed by atoms with Crippen molar-refractivity contribution in [3.8, 4) is 0 Å². The van der Waals surface area contributed by atoms with Gasteiger partial charge in [-0.25, -0.2) is 0 Å². The summed E-state index contributed by atoms with van der Waals surface area (Å²) in [7, 11) is 2.14. The van der Waals surface area contributed by atoms with Gasteiger partial charge in [0.15, 0.2) is 0 Å². The van der Waals surface area contributed by atoms with E-state index in [2.05, 4.69) is 89.5 Å². The lowest BCUT2D eigenvalue weighted by molar-refractivity contribution is 0.723. The number of nitrogens with zero attached hydrogens (tertiary/aromatic N) is 1. The van der Waals surface area contributed by atoms with E-state index in [0.29, 0.717) is 0 Å². The average molecular weight is 347 g/mol. The summed E-state index contributed by atoms with van der Waals surface area (Å²) in [5.74, 6) is 0. The van der Waals surface area contributed by atoms with Crippen LogP contribution in [0.25, 0.3) is 0 Å². The minimum absolute atomic E-state index is 0.908. The second-order valence-corrected chi connectivity index (χ2v) is 6.29. The van der Waals surface area contributed by atoms with Crippen LogP contribution in [0.4, 0.5) is 5.69 Å². The lowest BCUT2D eigenvalue weighted by Gasteiger charge is -2.21. The number of halogens is 1. The molecule has 0 aliphatic heterocycles. The van der Waals surface area contributed by atoms with Gasteiger partial charge in [0.05, 0.1) is 0 Å². The van der Waals surface area contributed by atoms with Gasteiger partial charge in [0, 0.05) is 30.3 Å². The first-order valence-electron chi connectivity index (χ1n) is 7.36. The minimum Gasteiger partial charge on any atom is -0.370 e. The number of hydrogen-bond acceptors (Lipinski definition) is 2. The van der Waals surface area contributed by atoms with E-state index >= 15 is 0 Å². The number of hydrogen-bond donors (Lipinski definition) is 1. The highest BCUT2D eigenvalue weighted by molar-refractivity contribution is 9.10. The molecule has 1 N–H and O–H groups in total. The van der Waals surface area contributed by atoms with E-state index in [1.165, 1.54) is 22.4 Å². The van der Waals surface area contributed by atoms with Crippen LogP contribution in [0.2, 0.25) is 0 Å². The van der Waals surface area contributed by atoms with Crippen LogP contribution in [0.1, 0.15) is 23.6 Å². The molecule has 3 heteroatoms. The molecule has 0 radical (unpaired) electrons. The highest BCUT2D eigenvalue weighted by atomic mass is 79.9. The molecule has 0 unspecified atom stereocenters. The Kier molecular flexibility index (Phi) is 5.83. The van der Waals surface area contributed by atoms with Crippen molar-refractivity contribution >= 4 is 21.6 Å². The highest BCUT2D eigenvalue weighted by Gasteiger charge is 2.05. The molecule has 2 rings (SSSR count). The molecule has 0 heterocycles. The van der Waals surface area contributed by atoms with Gasteiger partial charge >= 0.3 is 0 Å². The maximum Gasteiger partial charge on any atom is 0.0426 e. The van der Waals surface area contributed by atoms with E-state index < -0.39 is 0 Å². The SMILES string of the molecule is CCNCc1ccc(N(C)Cc2cccc(Br)c2)cc1C. The second kappa shape index (κ2) is 7.62. The Balaban J connectivity index is 2.08. The molecular weight excluding hydrogens is 324 g/mol. The first-order valence-corrected chi connectivity index (χ1v) is 8.15. The first kappa shape index (κ1) is 16.1. The molecular formula is C18H23BrN2. The Morgan fingerprint density at radius 1 is 1.14 bits per heavy atom. The molecule has 0 bridgehead atoms. The minimum atomic E-state index is 0.908. The van der Waals surface area contributed by atoms with Crippen LogP contribution in [0.3, 0.4) is 0 Å². The van der Waals surface area contributed by atoms with Crippen LogP contribution in [0.15, 0.2) is 46.9 Å². The topological polar surface area (TPSA) is 15.3 Å². The Hall–Kier alpha value is -1.32. The Morgan fingerprint density at radius 2 is 1.95 bits per heavy atom. The molecule has 0 aliphatic carbocycles. The molecule has 0 spiro atoms.